The van der Waals surface area contributed by atoms with Gasteiger partial charge in [-0.1, -0.05) is 38.5 Å². The summed E-state index contributed by atoms with van der Waals surface area (Å²) in [6.45, 7) is 0. The molecule has 1 fully saturated rings. The highest BCUT2D eigenvalue weighted by molar-refractivity contribution is 14.1. The Kier molecular flexibility index (Phi) is 4.32. The second kappa shape index (κ2) is 4.51. The number of hydrogen-bond acceptors (Lipinski definition) is 0. The molecular formula is C7H11BrClI. The Bertz CT molecular complexity index is 97.8. The molecule has 0 aromatic rings. The zero-order chi connectivity index (χ0) is 7.56. The summed E-state index contributed by atoms with van der Waals surface area (Å²) < 4.78 is 0.794. The highest BCUT2D eigenvalue weighted by atomic mass is 127. The lowest BCUT2D eigenvalue weighted by Crippen LogP contribution is -2.05. The molecule has 0 bridgehead atoms. The van der Waals surface area contributed by atoms with Gasteiger partial charge in [0.05, 0.1) is 0 Å². The van der Waals surface area contributed by atoms with Gasteiger partial charge in [-0.25, -0.2) is 0 Å². The third kappa shape index (κ3) is 3.26. The van der Waals surface area contributed by atoms with Crippen LogP contribution in [0.1, 0.15) is 25.7 Å². The summed E-state index contributed by atoms with van der Waals surface area (Å²) in [5, 5.41) is 0.397. The van der Waals surface area contributed by atoms with Crippen LogP contribution in [0.4, 0.5) is 0 Å². The zero-order valence-electron chi connectivity index (χ0n) is 5.69. The minimum Gasteiger partial charge on any atom is -0.123 e. The van der Waals surface area contributed by atoms with Gasteiger partial charge in [0, 0.05) is 14.1 Å². The molecule has 1 aliphatic rings. The number of alkyl halides is 3. The van der Waals surface area contributed by atoms with E-state index >= 15 is 0 Å². The van der Waals surface area contributed by atoms with Gasteiger partial charge in [0.1, 0.15) is 0 Å². The van der Waals surface area contributed by atoms with Crippen LogP contribution >= 0.6 is 50.1 Å². The van der Waals surface area contributed by atoms with E-state index in [2.05, 4.69) is 38.5 Å². The molecule has 0 aromatic heterocycles. The maximum atomic E-state index is 6.08. The second-order valence-electron chi connectivity index (χ2n) is 2.84. The molecule has 0 nitrogen and oxygen atoms in total. The van der Waals surface area contributed by atoms with Crippen LogP contribution < -0.4 is 0 Å². The van der Waals surface area contributed by atoms with Gasteiger partial charge < -0.3 is 0 Å². The largest absolute Gasteiger partial charge is 0.123 e. The van der Waals surface area contributed by atoms with Gasteiger partial charge in [-0.05, 0) is 25.7 Å². The van der Waals surface area contributed by atoms with E-state index in [4.69, 9.17) is 11.6 Å². The van der Waals surface area contributed by atoms with E-state index in [9.17, 15) is 0 Å². The maximum absolute atomic E-state index is 6.08. The van der Waals surface area contributed by atoms with Crippen molar-refractivity contribution in [2.75, 3.05) is 0 Å². The standard InChI is InChI=1S/C7H11BrClI/c8-5-1-2-7(10)4-6(9)3-5/h5-7H,1-4H2. The van der Waals surface area contributed by atoms with Crippen molar-refractivity contribution in [2.24, 2.45) is 0 Å². The summed E-state index contributed by atoms with van der Waals surface area (Å²) in [6.07, 6.45) is 4.93. The Morgan fingerprint density at radius 2 is 2.00 bits per heavy atom. The number of rotatable bonds is 0. The van der Waals surface area contributed by atoms with E-state index in [0.717, 1.165) is 10.3 Å². The molecule has 1 aliphatic carbocycles. The van der Waals surface area contributed by atoms with Crippen LogP contribution in [-0.4, -0.2) is 14.1 Å². The summed E-state index contributed by atoms with van der Waals surface area (Å²) in [7, 11) is 0. The third-order valence-corrected chi connectivity index (χ3v) is 4.14. The van der Waals surface area contributed by atoms with Crippen LogP contribution in [0.3, 0.4) is 0 Å². The predicted molar refractivity (Wildman–Crippen MR) is 58.6 cm³/mol. The van der Waals surface area contributed by atoms with Crippen LogP contribution in [-0.2, 0) is 0 Å². The van der Waals surface area contributed by atoms with Gasteiger partial charge in [-0.3, -0.25) is 0 Å². The Morgan fingerprint density at radius 3 is 2.70 bits per heavy atom. The van der Waals surface area contributed by atoms with Crippen molar-refractivity contribution in [1.29, 1.82) is 0 Å². The Balaban J connectivity index is 2.38. The first-order valence-electron chi connectivity index (χ1n) is 3.60. The van der Waals surface area contributed by atoms with Gasteiger partial charge in [0.15, 0.2) is 0 Å². The molecular weight excluding hydrogens is 326 g/mol. The summed E-state index contributed by atoms with van der Waals surface area (Å²) >= 11 is 12.2. The average Bonchev–Trinajstić information content (AvgIpc) is 1.93. The van der Waals surface area contributed by atoms with Crippen molar-refractivity contribution in [2.45, 2.75) is 39.8 Å². The topological polar surface area (TPSA) is 0 Å². The lowest BCUT2D eigenvalue weighted by Gasteiger charge is -2.07. The van der Waals surface area contributed by atoms with Crippen LogP contribution in [0.25, 0.3) is 0 Å². The van der Waals surface area contributed by atoms with Gasteiger partial charge in [0.2, 0.25) is 0 Å². The van der Waals surface area contributed by atoms with E-state index in [1.807, 2.05) is 0 Å². The average molecular weight is 337 g/mol. The number of halogens is 3. The van der Waals surface area contributed by atoms with Crippen molar-refractivity contribution < 1.29 is 0 Å². The minimum atomic E-state index is 0.397. The van der Waals surface area contributed by atoms with E-state index in [-0.39, 0.29) is 0 Å². The van der Waals surface area contributed by atoms with Crippen LogP contribution in [0.5, 0.6) is 0 Å². The Labute approximate surface area is 89.4 Å². The smallest absolute Gasteiger partial charge is 0.0356 e. The van der Waals surface area contributed by atoms with Crippen LogP contribution in [0, 0.1) is 0 Å². The van der Waals surface area contributed by atoms with Crippen molar-refractivity contribution >= 4 is 50.1 Å². The normalized spacial score (nSPS) is 42.9. The first-order chi connectivity index (χ1) is 4.68. The van der Waals surface area contributed by atoms with Crippen molar-refractivity contribution in [3.63, 3.8) is 0 Å². The molecule has 0 saturated heterocycles. The molecule has 0 radical (unpaired) electrons. The fraction of sp³-hybridized carbons (Fsp3) is 1.00. The molecule has 0 N–H and O–H groups in total. The number of hydrogen-bond donors (Lipinski definition) is 0. The van der Waals surface area contributed by atoms with Crippen LogP contribution in [0.2, 0.25) is 0 Å². The molecule has 10 heavy (non-hydrogen) atoms. The fourth-order valence-corrected chi connectivity index (χ4v) is 3.88. The minimum absolute atomic E-state index is 0.397. The molecule has 0 spiro atoms. The highest BCUT2D eigenvalue weighted by Crippen LogP contribution is 2.30. The molecule has 1 rings (SSSR count). The third-order valence-electron chi connectivity index (χ3n) is 1.82. The van der Waals surface area contributed by atoms with Crippen LogP contribution in [0.15, 0.2) is 0 Å². The lowest BCUT2D eigenvalue weighted by molar-refractivity contribution is 0.735. The van der Waals surface area contributed by atoms with Gasteiger partial charge >= 0.3 is 0 Å². The molecule has 3 unspecified atom stereocenters. The molecule has 0 amide bonds. The van der Waals surface area contributed by atoms with Crippen molar-refractivity contribution in [3.05, 3.63) is 0 Å². The summed E-state index contributed by atoms with van der Waals surface area (Å²) in [5.74, 6) is 0. The molecule has 0 aromatic carbocycles. The molecule has 3 heteroatoms. The van der Waals surface area contributed by atoms with Crippen molar-refractivity contribution in [3.8, 4) is 0 Å². The Hall–Kier alpha value is 1.50. The summed E-state index contributed by atoms with van der Waals surface area (Å²) in [5.41, 5.74) is 0. The van der Waals surface area contributed by atoms with Gasteiger partial charge in [-0.15, -0.1) is 11.6 Å². The van der Waals surface area contributed by atoms with E-state index in [1.165, 1.54) is 19.3 Å². The van der Waals surface area contributed by atoms with Gasteiger partial charge in [0.25, 0.3) is 0 Å². The quantitative estimate of drug-likeness (QED) is 0.359. The molecule has 60 valence electrons. The van der Waals surface area contributed by atoms with E-state index in [1.54, 1.807) is 0 Å². The van der Waals surface area contributed by atoms with Crippen molar-refractivity contribution in [1.82, 2.24) is 0 Å². The first-order valence-corrected chi connectivity index (χ1v) is 6.20. The zero-order valence-corrected chi connectivity index (χ0v) is 10.2. The lowest BCUT2D eigenvalue weighted by atomic mass is 10.2. The summed E-state index contributed by atoms with van der Waals surface area (Å²) in [4.78, 5) is 0.662. The molecule has 0 aliphatic heterocycles. The maximum Gasteiger partial charge on any atom is 0.0356 e. The van der Waals surface area contributed by atoms with E-state index in [0.29, 0.717) is 10.2 Å². The SMILES string of the molecule is ClC1CC(Br)CCC(I)C1. The monoisotopic (exact) mass is 336 g/mol. The first kappa shape index (κ1) is 9.59. The fourth-order valence-electron chi connectivity index (χ4n) is 1.25. The second-order valence-corrected chi connectivity index (χ2v) is 6.51. The predicted octanol–water partition coefficient (Wildman–Crippen LogP) is 3.73. The molecule has 3 atom stereocenters. The summed E-state index contributed by atoms with van der Waals surface area (Å²) in [6, 6.07) is 0. The molecule has 1 saturated carbocycles. The van der Waals surface area contributed by atoms with Gasteiger partial charge in [-0.2, -0.15) is 0 Å². The van der Waals surface area contributed by atoms with E-state index < -0.39 is 0 Å². The Morgan fingerprint density at radius 1 is 1.30 bits per heavy atom. The highest BCUT2D eigenvalue weighted by Gasteiger charge is 2.20. The molecule has 0 heterocycles.